The zero-order valence-corrected chi connectivity index (χ0v) is 10.4. The van der Waals surface area contributed by atoms with Gasteiger partial charge >= 0.3 is 0 Å². The van der Waals surface area contributed by atoms with E-state index in [9.17, 15) is 0 Å². The number of rotatable bonds is 0. The van der Waals surface area contributed by atoms with E-state index in [0.29, 0.717) is 5.02 Å². The third kappa shape index (κ3) is 1.84. The molecule has 1 N–H and O–H groups in total. The van der Waals surface area contributed by atoms with Crippen LogP contribution in [0.4, 0.5) is 5.69 Å². The molecule has 2 nitrogen and oxygen atoms in total. The number of hydrogen-bond acceptors (Lipinski definition) is 2. The third-order valence-corrected chi connectivity index (χ3v) is 2.94. The summed E-state index contributed by atoms with van der Waals surface area (Å²) in [7, 11) is 0. The second-order valence-corrected chi connectivity index (χ2v) is 5.27. The summed E-state index contributed by atoms with van der Waals surface area (Å²) in [4.78, 5) is 0. The predicted octanol–water partition coefficient (Wildman–Crippen LogP) is 3.69. The van der Waals surface area contributed by atoms with E-state index in [2.05, 4.69) is 21.2 Å². The highest BCUT2D eigenvalue weighted by molar-refractivity contribution is 9.10. The van der Waals surface area contributed by atoms with E-state index in [1.165, 1.54) is 0 Å². The lowest BCUT2D eigenvalue weighted by molar-refractivity contribution is 0.116. The second kappa shape index (κ2) is 3.31. The Kier molecular flexibility index (Phi) is 2.40. The number of nitrogens with one attached hydrogen (secondary N) is 1. The number of ether oxygens (including phenoxy) is 1. The summed E-state index contributed by atoms with van der Waals surface area (Å²) in [6, 6.07) is 3.69. The zero-order chi connectivity index (χ0) is 10.3. The van der Waals surface area contributed by atoms with Gasteiger partial charge in [0.1, 0.15) is 11.4 Å². The minimum Gasteiger partial charge on any atom is -0.484 e. The number of anilines is 1. The Hall–Kier alpha value is -0.410. The lowest BCUT2D eigenvalue weighted by Gasteiger charge is -2.34. The van der Waals surface area contributed by atoms with Crippen LogP contribution in [-0.2, 0) is 0 Å². The molecule has 0 saturated carbocycles. The average molecular weight is 277 g/mol. The minimum atomic E-state index is -0.183. The van der Waals surface area contributed by atoms with Crippen LogP contribution in [0.2, 0.25) is 5.02 Å². The first-order chi connectivity index (χ1) is 6.48. The van der Waals surface area contributed by atoms with Crippen molar-refractivity contribution in [3.63, 3.8) is 0 Å². The fraction of sp³-hybridized carbons (Fsp3) is 0.400. The normalized spacial score (nSPS) is 18.0. The molecule has 1 aliphatic heterocycles. The summed E-state index contributed by atoms with van der Waals surface area (Å²) in [6.07, 6.45) is 0. The van der Waals surface area contributed by atoms with Gasteiger partial charge in [-0.05, 0) is 35.8 Å². The highest BCUT2D eigenvalue weighted by Crippen LogP contribution is 2.40. The largest absolute Gasteiger partial charge is 0.484 e. The number of hydrogen-bond donors (Lipinski definition) is 1. The standard InChI is InChI=1S/C10H11BrClNO/c1-10(2)5-13-9-7(11)3-6(12)4-8(9)14-10/h3-4,13H,5H2,1-2H3. The van der Waals surface area contributed by atoms with Crippen LogP contribution in [0.3, 0.4) is 0 Å². The van der Waals surface area contributed by atoms with Crippen molar-refractivity contribution < 1.29 is 4.74 Å². The molecule has 0 aliphatic carbocycles. The first-order valence-corrected chi connectivity index (χ1v) is 5.57. The number of benzene rings is 1. The van der Waals surface area contributed by atoms with Gasteiger partial charge < -0.3 is 10.1 Å². The van der Waals surface area contributed by atoms with Gasteiger partial charge in [-0.2, -0.15) is 0 Å². The predicted molar refractivity (Wildman–Crippen MR) is 62.3 cm³/mol. The summed E-state index contributed by atoms with van der Waals surface area (Å²) in [5, 5.41) is 3.99. The van der Waals surface area contributed by atoms with Crippen LogP contribution in [0.5, 0.6) is 5.75 Å². The Bertz CT molecular complexity index is 379. The van der Waals surface area contributed by atoms with Crippen molar-refractivity contribution in [2.45, 2.75) is 19.4 Å². The molecule has 76 valence electrons. The van der Waals surface area contributed by atoms with E-state index in [4.69, 9.17) is 16.3 Å². The van der Waals surface area contributed by atoms with Gasteiger partial charge in [0, 0.05) is 15.6 Å². The SMILES string of the molecule is CC1(C)CNc2c(Br)cc(Cl)cc2O1. The molecule has 1 aliphatic rings. The quantitative estimate of drug-likeness (QED) is 0.780. The molecule has 0 atom stereocenters. The van der Waals surface area contributed by atoms with Gasteiger partial charge in [0.05, 0.1) is 12.2 Å². The van der Waals surface area contributed by atoms with E-state index in [1.807, 2.05) is 26.0 Å². The van der Waals surface area contributed by atoms with Crippen LogP contribution in [-0.4, -0.2) is 12.1 Å². The van der Waals surface area contributed by atoms with Gasteiger partial charge in [-0.1, -0.05) is 11.6 Å². The molecular formula is C10H11BrClNO. The molecule has 14 heavy (non-hydrogen) atoms. The molecule has 0 bridgehead atoms. The summed E-state index contributed by atoms with van der Waals surface area (Å²) in [6.45, 7) is 4.87. The van der Waals surface area contributed by atoms with Crippen molar-refractivity contribution >= 4 is 33.2 Å². The van der Waals surface area contributed by atoms with Crippen LogP contribution in [0.25, 0.3) is 0 Å². The molecule has 0 amide bonds. The first-order valence-electron chi connectivity index (χ1n) is 4.40. The van der Waals surface area contributed by atoms with Crippen LogP contribution < -0.4 is 10.1 Å². The smallest absolute Gasteiger partial charge is 0.145 e. The molecule has 4 heteroatoms. The first kappa shape index (κ1) is 10.1. The molecule has 0 fully saturated rings. The summed E-state index contributed by atoms with van der Waals surface area (Å²) >= 11 is 9.38. The van der Waals surface area contributed by atoms with Crippen molar-refractivity contribution in [2.75, 3.05) is 11.9 Å². The van der Waals surface area contributed by atoms with Crippen molar-refractivity contribution in [2.24, 2.45) is 0 Å². The van der Waals surface area contributed by atoms with Gasteiger partial charge in [-0.25, -0.2) is 0 Å². The lowest BCUT2D eigenvalue weighted by Crippen LogP contribution is -2.40. The lowest BCUT2D eigenvalue weighted by atomic mass is 10.1. The highest BCUT2D eigenvalue weighted by Gasteiger charge is 2.27. The monoisotopic (exact) mass is 275 g/mol. The van der Waals surface area contributed by atoms with Crippen LogP contribution in [0, 0.1) is 0 Å². The summed E-state index contributed by atoms with van der Waals surface area (Å²) < 4.78 is 6.74. The topological polar surface area (TPSA) is 21.3 Å². The molecule has 0 unspecified atom stereocenters. The van der Waals surface area contributed by atoms with Gasteiger partial charge in [0.2, 0.25) is 0 Å². The Balaban J connectivity index is 2.47. The van der Waals surface area contributed by atoms with E-state index >= 15 is 0 Å². The van der Waals surface area contributed by atoms with Crippen molar-refractivity contribution in [3.8, 4) is 5.75 Å². The van der Waals surface area contributed by atoms with E-state index in [-0.39, 0.29) is 5.60 Å². The Morgan fingerprint density at radius 2 is 2.21 bits per heavy atom. The van der Waals surface area contributed by atoms with Crippen molar-refractivity contribution in [1.29, 1.82) is 0 Å². The van der Waals surface area contributed by atoms with E-state index in [0.717, 1.165) is 22.5 Å². The third-order valence-electron chi connectivity index (χ3n) is 2.10. The number of fused-ring (bicyclic) bond motifs is 1. The van der Waals surface area contributed by atoms with Gasteiger partial charge in [0.15, 0.2) is 0 Å². The maximum Gasteiger partial charge on any atom is 0.145 e. The molecule has 1 heterocycles. The Morgan fingerprint density at radius 3 is 2.93 bits per heavy atom. The van der Waals surface area contributed by atoms with Gasteiger partial charge in [-0.3, -0.25) is 0 Å². The van der Waals surface area contributed by atoms with Gasteiger partial charge in [-0.15, -0.1) is 0 Å². The molecule has 0 saturated heterocycles. The van der Waals surface area contributed by atoms with Crippen molar-refractivity contribution in [3.05, 3.63) is 21.6 Å². The van der Waals surface area contributed by atoms with Crippen molar-refractivity contribution in [1.82, 2.24) is 0 Å². The van der Waals surface area contributed by atoms with Crippen LogP contribution in [0.15, 0.2) is 16.6 Å². The average Bonchev–Trinajstić information content (AvgIpc) is 2.00. The molecule has 1 aromatic carbocycles. The molecular weight excluding hydrogens is 265 g/mol. The second-order valence-electron chi connectivity index (χ2n) is 3.98. The maximum absolute atomic E-state index is 5.94. The fourth-order valence-corrected chi connectivity index (χ4v) is 2.36. The summed E-state index contributed by atoms with van der Waals surface area (Å²) in [5.41, 5.74) is 0.797. The van der Waals surface area contributed by atoms with Gasteiger partial charge in [0.25, 0.3) is 0 Å². The molecule has 0 radical (unpaired) electrons. The maximum atomic E-state index is 5.94. The van der Waals surface area contributed by atoms with E-state index in [1.54, 1.807) is 0 Å². The summed E-state index contributed by atoms with van der Waals surface area (Å²) in [5.74, 6) is 0.806. The minimum absolute atomic E-state index is 0.183. The van der Waals surface area contributed by atoms with Crippen LogP contribution >= 0.6 is 27.5 Å². The van der Waals surface area contributed by atoms with E-state index < -0.39 is 0 Å². The highest BCUT2D eigenvalue weighted by atomic mass is 79.9. The van der Waals surface area contributed by atoms with Crippen LogP contribution in [0.1, 0.15) is 13.8 Å². The Labute approximate surface area is 96.7 Å². The fourth-order valence-electron chi connectivity index (χ4n) is 1.44. The number of halogens is 2. The molecule has 2 rings (SSSR count). The molecule has 1 aromatic rings. The molecule has 0 aromatic heterocycles. The molecule has 0 spiro atoms. The zero-order valence-electron chi connectivity index (χ0n) is 8.03. The Morgan fingerprint density at radius 1 is 1.50 bits per heavy atom.